The van der Waals surface area contributed by atoms with Crippen LogP contribution in [0.4, 0.5) is 17.5 Å². The van der Waals surface area contributed by atoms with Crippen LogP contribution < -0.4 is 16.4 Å². The molecule has 2 heterocycles. The monoisotopic (exact) mass is 326 g/mol. The van der Waals surface area contributed by atoms with Crippen molar-refractivity contribution in [2.75, 3.05) is 25.1 Å². The lowest BCUT2D eigenvalue weighted by atomic mass is 9.99. The Kier molecular flexibility index (Phi) is 4.03. The average molecular weight is 326 g/mol. The van der Waals surface area contributed by atoms with Crippen LogP contribution in [0.25, 0.3) is 0 Å². The van der Waals surface area contributed by atoms with Gasteiger partial charge in [-0.1, -0.05) is 6.07 Å². The number of hydrogen-bond acceptors (Lipinski definition) is 6. The number of hydrogen-bond donors (Lipinski definition) is 3. The quantitative estimate of drug-likeness (QED) is 0.764. The van der Waals surface area contributed by atoms with Crippen LogP contribution in [0.2, 0.25) is 0 Å². The Morgan fingerprint density at radius 2 is 2.12 bits per heavy atom. The smallest absolute Gasteiger partial charge is 0.256 e. The van der Waals surface area contributed by atoms with E-state index in [9.17, 15) is 9.59 Å². The van der Waals surface area contributed by atoms with Crippen molar-refractivity contribution in [2.45, 2.75) is 13.0 Å². The lowest BCUT2D eigenvalue weighted by Gasteiger charge is -2.25. The maximum absolute atomic E-state index is 11.7. The first-order chi connectivity index (χ1) is 11.5. The summed E-state index contributed by atoms with van der Waals surface area (Å²) >= 11 is 0. The zero-order valence-corrected chi connectivity index (χ0v) is 13.5. The lowest BCUT2D eigenvalue weighted by Crippen LogP contribution is -2.32. The molecule has 24 heavy (non-hydrogen) atoms. The number of benzene rings is 1. The highest BCUT2D eigenvalue weighted by molar-refractivity contribution is 5.98. The molecule has 0 spiro atoms. The molecule has 2 aromatic rings. The highest BCUT2D eigenvalue weighted by Gasteiger charge is 2.20. The fourth-order valence-electron chi connectivity index (χ4n) is 2.56. The van der Waals surface area contributed by atoms with Crippen molar-refractivity contribution in [3.05, 3.63) is 41.1 Å². The van der Waals surface area contributed by atoms with E-state index in [4.69, 9.17) is 5.73 Å². The predicted molar refractivity (Wildman–Crippen MR) is 89.7 cm³/mol. The number of fused-ring (bicyclic) bond motifs is 1. The number of nitrogens with one attached hydrogen (secondary N) is 2. The lowest BCUT2D eigenvalue weighted by molar-refractivity contribution is -0.130. The third kappa shape index (κ3) is 2.98. The first kappa shape index (κ1) is 15.7. The maximum Gasteiger partial charge on any atom is 0.256 e. The first-order valence-electron chi connectivity index (χ1n) is 7.45. The van der Waals surface area contributed by atoms with Crippen LogP contribution in [0.15, 0.2) is 24.4 Å². The third-order valence-corrected chi connectivity index (χ3v) is 3.93. The Hall–Kier alpha value is -3.16. The van der Waals surface area contributed by atoms with Gasteiger partial charge in [-0.2, -0.15) is 4.98 Å². The largest absolute Gasteiger partial charge is 0.383 e. The van der Waals surface area contributed by atoms with Crippen LogP contribution >= 0.6 is 0 Å². The van der Waals surface area contributed by atoms with E-state index in [0.29, 0.717) is 18.9 Å². The van der Waals surface area contributed by atoms with E-state index in [1.807, 2.05) is 18.2 Å². The molecule has 1 aliphatic heterocycles. The topological polar surface area (TPSA) is 113 Å². The molecule has 3 rings (SSSR count). The van der Waals surface area contributed by atoms with Gasteiger partial charge in [-0.05, 0) is 23.3 Å². The fourth-order valence-corrected chi connectivity index (χ4v) is 2.56. The highest BCUT2D eigenvalue weighted by Crippen LogP contribution is 2.24. The van der Waals surface area contributed by atoms with E-state index in [0.717, 1.165) is 16.8 Å². The molecule has 0 atom stereocenters. The second-order valence-electron chi connectivity index (χ2n) is 5.61. The summed E-state index contributed by atoms with van der Waals surface area (Å²) in [5.74, 6) is 0.195. The number of likely N-dealkylation sites (N-methyl/N-ethyl adjacent to an activating group) is 1. The molecule has 2 amide bonds. The number of aromatic nitrogens is 2. The Bertz CT molecular complexity index is 820. The molecule has 0 aliphatic carbocycles. The van der Waals surface area contributed by atoms with E-state index in [2.05, 4.69) is 20.6 Å². The number of nitrogens with zero attached hydrogens (tertiary/aromatic N) is 3. The number of nitrogen functional groups attached to an aromatic ring is 1. The number of carbonyl (C=O) groups excluding carboxylic acids is 2. The number of anilines is 3. The Balaban J connectivity index is 1.82. The molecule has 8 heteroatoms. The summed E-state index contributed by atoms with van der Waals surface area (Å²) < 4.78 is 0. The van der Waals surface area contributed by atoms with Crippen molar-refractivity contribution >= 4 is 29.3 Å². The normalized spacial score (nSPS) is 13.4. The zero-order chi connectivity index (χ0) is 17.3. The highest BCUT2D eigenvalue weighted by atomic mass is 16.2. The maximum atomic E-state index is 11.7. The number of amides is 2. The molecular formula is C16H18N6O2. The van der Waals surface area contributed by atoms with Crippen LogP contribution in [0.3, 0.4) is 0 Å². The van der Waals surface area contributed by atoms with Gasteiger partial charge in [0.25, 0.3) is 5.91 Å². The minimum Gasteiger partial charge on any atom is -0.383 e. The molecule has 0 bridgehead atoms. The van der Waals surface area contributed by atoms with Gasteiger partial charge in [-0.15, -0.1) is 0 Å². The summed E-state index contributed by atoms with van der Waals surface area (Å²) in [6.45, 7) is 0.572. The SMILES string of the molecule is CNC(=O)c1cnc(Nc2ccc3c(c2)CN(C)C(=O)C3)nc1N. The minimum absolute atomic E-state index is 0.107. The molecule has 0 saturated carbocycles. The second-order valence-corrected chi connectivity index (χ2v) is 5.61. The van der Waals surface area contributed by atoms with E-state index in [1.165, 1.54) is 13.2 Å². The van der Waals surface area contributed by atoms with Gasteiger partial charge < -0.3 is 21.3 Å². The predicted octanol–water partition coefficient (Wildman–Crippen LogP) is 0.676. The molecule has 8 nitrogen and oxygen atoms in total. The van der Waals surface area contributed by atoms with Crippen LogP contribution in [-0.2, 0) is 17.8 Å². The molecule has 1 aliphatic rings. The third-order valence-electron chi connectivity index (χ3n) is 3.93. The fraction of sp³-hybridized carbons (Fsp3) is 0.250. The Morgan fingerprint density at radius 3 is 2.83 bits per heavy atom. The summed E-state index contributed by atoms with van der Waals surface area (Å²) in [5.41, 5.74) is 8.93. The van der Waals surface area contributed by atoms with Crippen molar-refractivity contribution in [1.29, 1.82) is 0 Å². The standard InChI is InChI=1S/C16H18N6O2/c1-18-15(24)12-7-19-16(21-14(12)17)20-11-4-3-9-6-13(23)22(2)8-10(9)5-11/h3-5,7H,6,8H2,1-2H3,(H,18,24)(H3,17,19,20,21). The van der Waals surface area contributed by atoms with Crippen LogP contribution in [-0.4, -0.2) is 40.8 Å². The van der Waals surface area contributed by atoms with Gasteiger partial charge in [0.1, 0.15) is 5.82 Å². The summed E-state index contributed by atoms with van der Waals surface area (Å²) in [6, 6.07) is 5.75. The Morgan fingerprint density at radius 1 is 1.33 bits per heavy atom. The van der Waals surface area contributed by atoms with Crippen molar-refractivity contribution in [1.82, 2.24) is 20.2 Å². The van der Waals surface area contributed by atoms with Gasteiger partial charge in [-0.25, -0.2) is 4.98 Å². The van der Waals surface area contributed by atoms with E-state index < -0.39 is 0 Å². The van der Waals surface area contributed by atoms with Crippen molar-refractivity contribution < 1.29 is 9.59 Å². The van der Waals surface area contributed by atoms with Crippen molar-refractivity contribution in [2.24, 2.45) is 0 Å². The molecule has 0 unspecified atom stereocenters. The van der Waals surface area contributed by atoms with Crippen molar-refractivity contribution in [3.63, 3.8) is 0 Å². The molecule has 0 saturated heterocycles. The molecule has 4 N–H and O–H groups in total. The van der Waals surface area contributed by atoms with Gasteiger partial charge in [0, 0.05) is 32.5 Å². The first-order valence-corrected chi connectivity index (χ1v) is 7.45. The number of nitrogens with two attached hydrogens (primary N) is 1. The van der Waals surface area contributed by atoms with Gasteiger partial charge in [-0.3, -0.25) is 9.59 Å². The summed E-state index contributed by atoms with van der Waals surface area (Å²) in [7, 11) is 3.30. The molecule has 124 valence electrons. The van der Waals surface area contributed by atoms with Crippen LogP contribution in [0, 0.1) is 0 Å². The number of rotatable bonds is 3. The average Bonchev–Trinajstić information content (AvgIpc) is 2.56. The Labute approximate surface area is 139 Å². The van der Waals surface area contributed by atoms with Crippen LogP contribution in [0.5, 0.6) is 0 Å². The van der Waals surface area contributed by atoms with Gasteiger partial charge in [0.15, 0.2) is 0 Å². The molecule has 1 aromatic heterocycles. The van der Waals surface area contributed by atoms with Crippen molar-refractivity contribution in [3.8, 4) is 0 Å². The second kappa shape index (κ2) is 6.15. The van der Waals surface area contributed by atoms with E-state index >= 15 is 0 Å². The van der Waals surface area contributed by atoms with E-state index in [1.54, 1.807) is 11.9 Å². The molecule has 0 radical (unpaired) electrons. The van der Waals surface area contributed by atoms with Crippen LogP contribution in [0.1, 0.15) is 21.5 Å². The summed E-state index contributed by atoms with van der Waals surface area (Å²) in [4.78, 5) is 33.2. The minimum atomic E-state index is -0.333. The summed E-state index contributed by atoms with van der Waals surface area (Å²) in [5, 5.41) is 5.55. The van der Waals surface area contributed by atoms with Gasteiger partial charge in [0.05, 0.1) is 12.0 Å². The van der Waals surface area contributed by atoms with Gasteiger partial charge >= 0.3 is 0 Å². The molecule has 0 fully saturated rings. The molecule has 1 aromatic carbocycles. The summed E-state index contributed by atoms with van der Waals surface area (Å²) in [6.07, 6.45) is 1.80. The van der Waals surface area contributed by atoms with Gasteiger partial charge in [0.2, 0.25) is 11.9 Å². The van der Waals surface area contributed by atoms with E-state index in [-0.39, 0.29) is 23.2 Å². The molecular weight excluding hydrogens is 308 g/mol. The number of carbonyl (C=O) groups is 2. The zero-order valence-electron chi connectivity index (χ0n) is 13.5.